The van der Waals surface area contributed by atoms with Gasteiger partial charge in [0.25, 0.3) is 0 Å². The second-order valence-electron chi connectivity index (χ2n) is 3.45. The summed E-state index contributed by atoms with van der Waals surface area (Å²) in [5.41, 5.74) is 3.81. The van der Waals surface area contributed by atoms with E-state index in [-0.39, 0.29) is 6.04 Å². The summed E-state index contributed by atoms with van der Waals surface area (Å²) in [7, 11) is 1.88. The number of hydrazine groups is 1. The highest BCUT2D eigenvalue weighted by Crippen LogP contribution is 2.16. The molecular weight excluding hydrogens is 192 g/mol. The second kappa shape index (κ2) is 4.29. The lowest BCUT2D eigenvalue weighted by atomic mass is 10.1. The van der Waals surface area contributed by atoms with E-state index in [1.165, 1.54) is 0 Å². The van der Waals surface area contributed by atoms with E-state index in [4.69, 9.17) is 10.3 Å². The Morgan fingerprint density at radius 2 is 2.53 bits per heavy atom. The Kier molecular flexibility index (Phi) is 2.84. The van der Waals surface area contributed by atoms with Crippen LogP contribution in [0.1, 0.15) is 17.4 Å². The molecule has 2 heterocycles. The highest BCUT2D eigenvalue weighted by molar-refractivity contribution is 5.13. The summed E-state index contributed by atoms with van der Waals surface area (Å²) in [4.78, 5) is 0. The van der Waals surface area contributed by atoms with Gasteiger partial charge >= 0.3 is 0 Å². The normalized spacial score (nSPS) is 12.9. The van der Waals surface area contributed by atoms with E-state index in [2.05, 4.69) is 10.5 Å². The Morgan fingerprint density at radius 1 is 1.67 bits per heavy atom. The highest BCUT2D eigenvalue weighted by atomic mass is 16.3. The Morgan fingerprint density at radius 3 is 3.07 bits per heavy atom. The standard InChI is InChI=1S/C10H14N4O/c1-14-7-8(6-12-14)10(13-11)5-9-3-2-4-15-9/h2-4,6-7,10,13H,5,11H2,1H3. The van der Waals surface area contributed by atoms with Gasteiger partial charge in [-0.1, -0.05) is 0 Å². The minimum Gasteiger partial charge on any atom is -0.469 e. The topological polar surface area (TPSA) is 69.0 Å². The third kappa shape index (κ3) is 2.26. The number of hydrogen-bond acceptors (Lipinski definition) is 4. The predicted octanol–water partition coefficient (Wildman–Crippen LogP) is 0.760. The molecule has 0 saturated heterocycles. The number of aromatic nitrogens is 2. The van der Waals surface area contributed by atoms with Crippen LogP contribution in [0.15, 0.2) is 35.2 Å². The Hall–Kier alpha value is -1.59. The van der Waals surface area contributed by atoms with Gasteiger partial charge in [-0.2, -0.15) is 5.10 Å². The third-order valence-electron chi connectivity index (χ3n) is 2.31. The zero-order chi connectivity index (χ0) is 10.7. The fourth-order valence-electron chi connectivity index (χ4n) is 1.52. The third-order valence-corrected chi connectivity index (χ3v) is 2.31. The maximum Gasteiger partial charge on any atom is 0.105 e. The van der Waals surface area contributed by atoms with Crippen LogP contribution in [0.4, 0.5) is 0 Å². The number of rotatable bonds is 4. The maximum absolute atomic E-state index is 5.50. The molecule has 0 fully saturated rings. The molecule has 0 spiro atoms. The Labute approximate surface area is 87.8 Å². The monoisotopic (exact) mass is 206 g/mol. The van der Waals surface area contributed by atoms with Crippen LogP contribution in [-0.4, -0.2) is 9.78 Å². The van der Waals surface area contributed by atoms with E-state index in [0.717, 1.165) is 17.7 Å². The smallest absolute Gasteiger partial charge is 0.105 e. The molecule has 80 valence electrons. The molecule has 15 heavy (non-hydrogen) atoms. The molecule has 0 aliphatic rings. The van der Waals surface area contributed by atoms with Gasteiger partial charge in [0.2, 0.25) is 0 Å². The summed E-state index contributed by atoms with van der Waals surface area (Å²) in [6, 6.07) is 3.83. The van der Waals surface area contributed by atoms with Gasteiger partial charge in [-0.3, -0.25) is 16.0 Å². The van der Waals surface area contributed by atoms with E-state index in [1.54, 1.807) is 17.1 Å². The minimum atomic E-state index is 0.0323. The molecule has 1 atom stereocenters. The predicted molar refractivity (Wildman–Crippen MR) is 55.7 cm³/mol. The molecule has 2 aromatic rings. The Balaban J connectivity index is 2.11. The van der Waals surface area contributed by atoms with E-state index in [0.29, 0.717) is 0 Å². The van der Waals surface area contributed by atoms with Gasteiger partial charge in [-0.25, -0.2) is 0 Å². The van der Waals surface area contributed by atoms with Crippen LogP contribution in [0.5, 0.6) is 0 Å². The average molecular weight is 206 g/mol. The largest absolute Gasteiger partial charge is 0.469 e. The van der Waals surface area contributed by atoms with Crippen LogP contribution in [0.25, 0.3) is 0 Å². The van der Waals surface area contributed by atoms with Gasteiger partial charge < -0.3 is 4.42 Å². The fraction of sp³-hybridized carbons (Fsp3) is 0.300. The number of nitrogens with two attached hydrogens (primary N) is 1. The van der Waals surface area contributed by atoms with Crippen molar-refractivity contribution in [3.8, 4) is 0 Å². The zero-order valence-electron chi connectivity index (χ0n) is 8.55. The van der Waals surface area contributed by atoms with Crippen molar-refractivity contribution >= 4 is 0 Å². The molecule has 3 N–H and O–H groups in total. The van der Waals surface area contributed by atoms with Gasteiger partial charge in [0.15, 0.2) is 0 Å². The molecule has 0 aliphatic carbocycles. The van der Waals surface area contributed by atoms with Crippen molar-refractivity contribution in [2.75, 3.05) is 0 Å². The first kappa shape index (κ1) is 9.95. The van der Waals surface area contributed by atoms with E-state index < -0.39 is 0 Å². The molecular formula is C10H14N4O. The van der Waals surface area contributed by atoms with Crippen molar-refractivity contribution < 1.29 is 4.42 Å². The number of aryl methyl sites for hydroxylation is 1. The van der Waals surface area contributed by atoms with E-state index >= 15 is 0 Å². The van der Waals surface area contributed by atoms with E-state index in [1.807, 2.05) is 25.4 Å². The lowest BCUT2D eigenvalue weighted by Gasteiger charge is -2.11. The number of nitrogens with zero attached hydrogens (tertiary/aromatic N) is 2. The first-order valence-electron chi connectivity index (χ1n) is 4.76. The fourth-order valence-corrected chi connectivity index (χ4v) is 1.52. The summed E-state index contributed by atoms with van der Waals surface area (Å²) < 4.78 is 7.02. The van der Waals surface area contributed by atoms with E-state index in [9.17, 15) is 0 Å². The molecule has 0 aliphatic heterocycles. The molecule has 2 rings (SSSR count). The lowest BCUT2D eigenvalue weighted by molar-refractivity contribution is 0.454. The molecule has 0 aromatic carbocycles. The summed E-state index contributed by atoms with van der Waals surface area (Å²) in [5.74, 6) is 6.41. The number of furan rings is 1. The molecule has 0 radical (unpaired) electrons. The first-order valence-corrected chi connectivity index (χ1v) is 4.76. The van der Waals surface area contributed by atoms with Crippen molar-refractivity contribution in [3.05, 3.63) is 42.1 Å². The average Bonchev–Trinajstić information content (AvgIpc) is 2.85. The summed E-state index contributed by atoms with van der Waals surface area (Å²) >= 11 is 0. The molecule has 0 amide bonds. The molecule has 5 heteroatoms. The van der Waals surface area contributed by atoms with Gasteiger partial charge in [-0.15, -0.1) is 0 Å². The quantitative estimate of drug-likeness (QED) is 0.572. The van der Waals surface area contributed by atoms with Crippen LogP contribution in [0.2, 0.25) is 0 Å². The number of nitrogens with one attached hydrogen (secondary N) is 1. The van der Waals surface area contributed by atoms with Gasteiger partial charge in [-0.05, 0) is 12.1 Å². The summed E-state index contributed by atoms with van der Waals surface area (Å²) in [6.07, 6.45) is 6.11. The van der Waals surface area contributed by atoms with Crippen molar-refractivity contribution in [1.29, 1.82) is 0 Å². The maximum atomic E-state index is 5.50. The second-order valence-corrected chi connectivity index (χ2v) is 3.45. The SMILES string of the molecule is Cn1cc(C(Cc2ccco2)NN)cn1. The van der Waals surface area contributed by atoms with Crippen molar-refractivity contribution in [3.63, 3.8) is 0 Å². The molecule has 0 bridgehead atoms. The van der Waals surface area contributed by atoms with Crippen molar-refractivity contribution in [1.82, 2.24) is 15.2 Å². The summed E-state index contributed by atoms with van der Waals surface area (Å²) in [5, 5.41) is 4.11. The van der Waals surface area contributed by atoms with Crippen LogP contribution in [0, 0.1) is 0 Å². The van der Waals surface area contributed by atoms with Gasteiger partial charge in [0.05, 0.1) is 18.5 Å². The van der Waals surface area contributed by atoms with Crippen LogP contribution >= 0.6 is 0 Å². The van der Waals surface area contributed by atoms with Gasteiger partial charge in [0.1, 0.15) is 5.76 Å². The highest BCUT2D eigenvalue weighted by Gasteiger charge is 2.13. The molecule has 5 nitrogen and oxygen atoms in total. The lowest BCUT2D eigenvalue weighted by Crippen LogP contribution is -2.29. The minimum absolute atomic E-state index is 0.0323. The summed E-state index contributed by atoms with van der Waals surface area (Å²) in [6.45, 7) is 0. The van der Waals surface area contributed by atoms with Gasteiger partial charge in [0, 0.05) is 25.2 Å². The van der Waals surface area contributed by atoms with Crippen LogP contribution in [-0.2, 0) is 13.5 Å². The Bertz CT molecular complexity index is 407. The van der Waals surface area contributed by atoms with Crippen LogP contribution in [0.3, 0.4) is 0 Å². The van der Waals surface area contributed by atoms with Crippen LogP contribution < -0.4 is 11.3 Å². The zero-order valence-corrected chi connectivity index (χ0v) is 8.55. The number of hydrogen-bond donors (Lipinski definition) is 2. The van der Waals surface area contributed by atoms with Crippen molar-refractivity contribution in [2.24, 2.45) is 12.9 Å². The first-order chi connectivity index (χ1) is 7.29. The molecule has 1 unspecified atom stereocenters. The molecule has 0 saturated carbocycles. The molecule has 2 aromatic heterocycles. The van der Waals surface area contributed by atoms with Crippen molar-refractivity contribution in [2.45, 2.75) is 12.5 Å².